The van der Waals surface area contributed by atoms with E-state index in [2.05, 4.69) is 26.6 Å². The van der Waals surface area contributed by atoms with Crippen LogP contribution in [0.1, 0.15) is 20.7 Å². The first kappa shape index (κ1) is 15.1. The minimum absolute atomic E-state index is 0.266. The zero-order valence-corrected chi connectivity index (χ0v) is 12.9. The summed E-state index contributed by atoms with van der Waals surface area (Å²) < 4.78 is 0.528. The average molecular weight is 348 g/mol. The van der Waals surface area contributed by atoms with Crippen LogP contribution in [0.15, 0.2) is 46.9 Å². The van der Waals surface area contributed by atoms with Gasteiger partial charge in [0.2, 0.25) is 0 Å². The van der Waals surface area contributed by atoms with E-state index in [1.807, 2.05) is 0 Å². The second kappa shape index (κ2) is 6.41. The quantitative estimate of drug-likeness (QED) is 0.746. The lowest BCUT2D eigenvalue weighted by atomic mass is 10.1. The molecule has 2 aromatic carbocycles. The molecule has 2 aromatic rings. The van der Waals surface area contributed by atoms with E-state index in [1.54, 1.807) is 42.5 Å². The number of nitrogens with one attached hydrogen (secondary N) is 2. The van der Waals surface area contributed by atoms with Crippen molar-refractivity contribution in [3.05, 3.63) is 58.1 Å². The fraction of sp³-hybridized carbons (Fsp3) is 0.0667. The predicted octanol–water partition coefficient (Wildman–Crippen LogP) is 2.64. The molecule has 0 aliphatic heterocycles. The number of rotatable bonds is 3. The van der Waals surface area contributed by atoms with Crippen molar-refractivity contribution in [2.24, 2.45) is 0 Å². The highest BCUT2D eigenvalue weighted by Gasteiger charge is 2.15. The Kier molecular flexibility index (Phi) is 4.59. The lowest BCUT2D eigenvalue weighted by Crippen LogP contribution is -2.21. The predicted molar refractivity (Wildman–Crippen MR) is 86.3 cm³/mol. The number of halogens is 1. The number of hydrogen-bond acceptors (Lipinski definition) is 3. The maximum Gasteiger partial charge on any atom is 0.256 e. The van der Waals surface area contributed by atoms with Crippen LogP contribution in [0.3, 0.4) is 0 Å². The Morgan fingerprint density at radius 3 is 2.38 bits per heavy atom. The summed E-state index contributed by atoms with van der Waals surface area (Å²) in [6.07, 6.45) is 0. The average Bonchev–Trinajstić information content (AvgIpc) is 2.49. The van der Waals surface area contributed by atoms with Gasteiger partial charge in [0.05, 0.1) is 21.3 Å². The minimum atomic E-state index is -0.342. The molecule has 0 saturated carbocycles. The summed E-state index contributed by atoms with van der Waals surface area (Å²) in [7, 11) is 1.54. The summed E-state index contributed by atoms with van der Waals surface area (Å²) in [6, 6.07) is 11.8. The van der Waals surface area contributed by atoms with Gasteiger partial charge in [0, 0.05) is 12.7 Å². The lowest BCUT2D eigenvalue weighted by molar-refractivity contribution is 0.0964. The number of carbonyl (C=O) groups is 2. The van der Waals surface area contributed by atoms with Gasteiger partial charge in [0.1, 0.15) is 0 Å². The standard InChI is InChI=1S/C15H14BrN3O2/c1-18-14(20)9-5-2-3-8-12(9)19-15(21)10-6-4-7-11(17)13(10)16/h2-8H,17H2,1H3,(H,18,20)(H,19,21). The molecule has 108 valence electrons. The Hall–Kier alpha value is -2.34. The first-order valence-electron chi connectivity index (χ1n) is 6.21. The fourth-order valence-corrected chi connectivity index (χ4v) is 2.28. The largest absolute Gasteiger partial charge is 0.398 e. The molecule has 0 fully saturated rings. The summed E-state index contributed by atoms with van der Waals surface area (Å²) in [5, 5.41) is 5.26. The summed E-state index contributed by atoms with van der Waals surface area (Å²) in [5.41, 5.74) is 7.48. The van der Waals surface area contributed by atoms with Crippen molar-refractivity contribution in [1.82, 2.24) is 5.32 Å². The number of benzene rings is 2. The van der Waals surface area contributed by atoms with Crippen LogP contribution in [0.5, 0.6) is 0 Å². The van der Waals surface area contributed by atoms with Gasteiger partial charge < -0.3 is 16.4 Å². The number of anilines is 2. The first-order valence-corrected chi connectivity index (χ1v) is 7.00. The normalized spacial score (nSPS) is 10.0. The Morgan fingerprint density at radius 1 is 1.00 bits per heavy atom. The molecule has 0 atom stereocenters. The van der Waals surface area contributed by atoms with Crippen molar-refractivity contribution in [3.63, 3.8) is 0 Å². The van der Waals surface area contributed by atoms with Gasteiger partial charge in [-0.1, -0.05) is 18.2 Å². The van der Waals surface area contributed by atoms with E-state index in [1.165, 1.54) is 7.05 Å². The van der Waals surface area contributed by atoms with Crippen molar-refractivity contribution in [2.45, 2.75) is 0 Å². The molecule has 0 unspecified atom stereocenters. The molecule has 2 rings (SSSR count). The highest BCUT2D eigenvalue weighted by atomic mass is 79.9. The van der Waals surface area contributed by atoms with Gasteiger partial charge in [-0.2, -0.15) is 0 Å². The first-order chi connectivity index (χ1) is 10.0. The molecule has 0 aliphatic rings. The smallest absolute Gasteiger partial charge is 0.256 e. The van der Waals surface area contributed by atoms with Crippen LogP contribution in [0.2, 0.25) is 0 Å². The third-order valence-electron chi connectivity index (χ3n) is 2.92. The second-order valence-electron chi connectivity index (χ2n) is 4.29. The maximum atomic E-state index is 12.3. The van der Waals surface area contributed by atoms with Gasteiger partial charge in [0.25, 0.3) is 11.8 Å². The highest BCUT2D eigenvalue weighted by molar-refractivity contribution is 9.10. The molecular weight excluding hydrogens is 334 g/mol. The van der Waals surface area contributed by atoms with Gasteiger partial charge in [-0.25, -0.2) is 0 Å². The molecule has 2 amide bonds. The van der Waals surface area contributed by atoms with Crippen LogP contribution in [-0.2, 0) is 0 Å². The molecule has 0 saturated heterocycles. The number of hydrogen-bond donors (Lipinski definition) is 3. The minimum Gasteiger partial charge on any atom is -0.398 e. The van der Waals surface area contributed by atoms with Crippen molar-refractivity contribution in [3.8, 4) is 0 Å². The number of nitrogens with two attached hydrogens (primary N) is 1. The molecule has 0 radical (unpaired) electrons. The maximum absolute atomic E-state index is 12.3. The van der Waals surface area contributed by atoms with Crippen molar-refractivity contribution >= 4 is 39.1 Å². The van der Waals surface area contributed by atoms with E-state index in [4.69, 9.17) is 5.73 Å². The van der Waals surface area contributed by atoms with Crippen molar-refractivity contribution in [2.75, 3.05) is 18.1 Å². The van der Waals surface area contributed by atoms with E-state index in [9.17, 15) is 9.59 Å². The molecule has 0 heterocycles. The van der Waals surface area contributed by atoms with Crippen LogP contribution < -0.4 is 16.4 Å². The third-order valence-corrected chi connectivity index (χ3v) is 3.81. The van der Waals surface area contributed by atoms with E-state index in [-0.39, 0.29) is 11.8 Å². The van der Waals surface area contributed by atoms with E-state index in [0.717, 1.165) is 0 Å². The van der Waals surface area contributed by atoms with Crippen molar-refractivity contribution in [1.29, 1.82) is 0 Å². The zero-order valence-electron chi connectivity index (χ0n) is 11.3. The molecule has 0 aromatic heterocycles. The SMILES string of the molecule is CNC(=O)c1ccccc1NC(=O)c1cccc(N)c1Br. The van der Waals surface area contributed by atoms with Gasteiger partial charge in [-0.3, -0.25) is 9.59 Å². The van der Waals surface area contributed by atoms with E-state index < -0.39 is 0 Å². The lowest BCUT2D eigenvalue weighted by Gasteiger charge is -2.11. The summed E-state index contributed by atoms with van der Waals surface area (Å²) >= 11 is 3.29. The molecule has 4 N–H and O–H groups in total. The van der Waals surface area contributed by atoms with Gasteiger partial charge in [0.15, 0.2) is 0 Å². The summed E-state index contributed by atoms with van der Waals surface area (Å²) in [4.78, 5) is 24.1. The van der Waals surface area contributed by atoms with E-state index in [0.29, 0.717) is 27.0 Å². The number of carbonyl (C=O) groups excluding carboxylic acids is 2. The molecular formula is C15H14BrN3O2. The van der Waals surface area contributed by atoms with Gasteiger partial charge in [-0.15, -0.1) is 0 Å². The second-order valence-corrected chi connectivity index (χ2v) is 5.08. The van der Waals surface area contributed by atoms with Crippen LogP contribution in [0, 0.1) is 0 Å². The summed E-state index contributed by atoms with van der Waals surface area (Å²) in [5.74, 6) is -0.608. The number of para-hydroxylation sites is 1. The monoisotopic (exact) mass is 347 g/mol. The number of nitrogen functional groups attached to an aromatic ring is 1. The Balaban J connectivity index is 2.32. The fourth-order valence-electron chi connectivity index (χ4n) is 1.84. The van der Waals surface area contributed by atoms with E-state index >= 15 is 0 Å². The topological polar surface area (TPSA) is 84.2 Å². The molecule has 5 nitrogen and oxygen atoms in total. The van der Waals surface area contributed by atoms with Crippen LogP contribution >= 0.6 is 15.9 Å². The molecule has 0 bridgehead atoms. The van der Waals surface area contributed by atoms with Crippen LogP contribution in [0.25, 0.3) is 0 Å². The Labute approximate surface area is 130 Å². The van der Waals surface area contributed by atoms with Gasteiger partial charge >= 0.3 is 0 Å². The summed E-state index contributed by atoms with van der Waals surface area (Å²) in [6.45, 7) is 0. The molecule has 21 heavy (non-hydrogen) atoms. The zero-order chi connectivity index (χ0) is 15.4. The highest BCUT2D eigenvalue weighted by Crippen LogP contribution is 2.25. The molecule has 6 heteroatoms. The molecule has 0 aliphatic carbocycles. The molecule has 0 spiro atoms. The van der Waals surface area contributed by atoms with Crippen LogP contribution in [-0.4, -0.2) is 18.9 Å². The number of amides is 2. The van der Waals surface area contributed by atoms with Crippen LogP contribution in [0.4, 0.5) is 11.4 Å². The van der Waals surface area contributed by atoms with Gasteiger partial charge in [-0.05, 0) is 40.2 Å². The van der Waals surface area contributed by atoms with Crippen molar-refractivity contribution < 1.29 is 9.59 Å². The third kappa shape index (κ3) is 3.22. The Bertz CT molecular complexity index is 701. The Morgan fingerprint density at radius 2 is 1.67 bits per heavy atom.